The molecule has 4 rings (SSSR count). The van der Waals surface area contributed by atoms with E-state index in [1.54, 1.807) is 14.0 Å². The molecule has 0 saturated heterocycles. The summed E-state index contributed by atoms with van der Waals surface area (Å²) in [6.45, 7) is 1.64. The third-order valence-corrected chi connectivity index (χ3v) is 6.76. The lowest BCUT2D eigenvalue weighted by atomic mass is 9.82. The molecule has 0 unspecified atom stereocenters. The molecule has 0 aliphatic heterocycles. The number of carboxylic acid groups (broad SMARTS) is 1. The first-order valence-electron chi connectivity index (χ1n) is 11.8. The predicted molar refractivity (Wildman–Crippen MR) is 121 cm³/mol. The number of nitrogens with zero attached hydrogens (tertiary/aromatic N) is 6. The molecule has 2 saturated carbocycles. The molecular formula is C23H31FN6O5. The number of aliphatic carboxylic acids is 1. The van der Waals surface area contributed by atoms with Crippen molar-refractivity contribution in [1.82, 2.24) is 29.9 Å². The summed E-state index contributed by atoms with van der Waals surface area (Å²) < 4.78 is 27.2. The molecule has 2 fully saturated rings. The van der Waals surface area contributed by atoms with Crippen molar-refractivity contribution in [3.63, 3.8) is 0 Å². The molecule has 2 atom stereocenters. The van der Waals surface area contributed by atoms with Crippen LogP contribution in [0, 0.1) is 12.8 Å². The number of hydrogen-bond donors (Lipinski definition) is 1. The van der Waals surface area contributed by atoms with Gasteiger partial charge in [0.25, 0.3) is 0 Å². The van der Waals surface area contributed by atoms with Crippen LogP contribution < -0.4 is 4.74 Å². The van der Waals surface area contributed by atoms with Gasteiger partial charge < -0.3 is 19.5 Å². The Balaban J connectivity index is 1.41. The van der Waals surface area contributed by atoms with Crippen molar-refractivity contribution in [2.45, 2.75) is 70.2 Å². The highest BCUT2D eigenvalue weighted by Gasteiger charge is 2.39. The predicted octanol–water partition coefficient (Wildman–Crippen LogP) is 3.06. The Morgan fingerprint density at radius 1 is 1.31 bits per heavy atom. The number of carboxylic acids is 1. The first kappa shape index (κ1) is 24.8. The van der Waals surface area contributed by atoms with Crippen molar-refractivity contribution >= 4 is 12.1 Å². The van der Waals surface area contributed by atoms with Gasteiger partial charge in [-0.05, 0) is 51.9 Å². The van der Waals surface area contributed by atoms with Gasteiger partial charge in [-0.25, -0.2) is 23.8 Å². The van der Waals surface area contributed by atoms with Crippen LogP contribution in [0.15, 0.2) is 6.20 Å². The topological polar surface area (TPSA) is 133 Å². The van der Waals surface area contributed by atoms with Gasteiger partial charge in [0.1, 0.15) is 41.2 Å². The minimum atomic E-state index is -1.32. The Kier molecular flexibility index (Phi) is 7.18. The highest BCUT2D eigenvalue weighted by Crippen LogP contribution is 2.36. The summed E-state index contributed by atoms with van der Waals surface area (Å²) in [5, 5.41) is 17.5. The SMILES string of the molecule is Cc1nc(-c2nnn(C)c2COC(=O)N(C)CC2(F)CCC2)cnc1O[C@H]1CCC[C@H](C(=O)O)C1. The second-order valence-corrected chi connectivity index (χ2v) is 9.51. The van der Waals surface area contributed by atoms with E-state index in [1.165, 1.54) is 22.8 Å². The van der Waals surface area contributed by atoms with Crippen molar-refractivity contribution in [3.8, 4) is 17.3 Å². The van der Waals surface area contributed by atoms with Gasteiger partial charge >= 0.3 is 12.1 Å². The third-order valence-electron chi connectivity index (χ3n) is 6.76. The van der Waals surface area contributed by atoms with Crippen LogP contribution in [0.2, 0.25) is 0 Å². The highest BCUT2D eigenvalue weighted by molar-refractivity contribution is 5.70. The van der Waals surface area contributed by atoms with Crippen molar-refractivity contribution in [2.75, 3.05) is 13.6 Å². The van der Waals surface area contributed by atoms with Gasteiger partial charge in [-0.3, -0.25) is 4.79 Å². The number of amides is 1. The summed E-state index contributed by atoms with van der Waals surface area (Å²) in [5.41, 5.74) is 0.573. The Bertz CT molecular complexity index is 1090. The normalized spacial score (nSPS) is 21.1. The number of carbonyl (C=O) groups excluding carboxylic acids is 1. The molecule has 2 aliphatic carbocycles. The Morgan fingerprint density at radius 2 is 2.09 bits per heavy atom. The lowest BCUT2D eigenvalue weighted by Gasteiger charge is -2.36. The minimum Gasteiger partial charge on any atom is -0.481 e. The molecule has 2 heterocycles. The summed E-state index contributed by atoms with van der Waals surface area (Å²) in [5.74, 6) is -0.862. The average molecular weight is 491 g/mol. The molecule has 190 valence electrons. The smallest absolute Gasteiger partial charge is 0.409 e. The van der Waals surface area contributed by atoms with E-state index < -0.39 is 23.6 Å². The van der Waals surface area contributed by atoms with Crippen molar-refractivity contribution in [2.24, 2.45) is 13.0 Å². The Morgan fingerprint density at radius 3 is 2.74 bits per heavy atom. The highest BCUT2D eigenvalue weighted by atomic mass is 19.1. The average Bonchev–Trinajstić information content (AvgIpc) is 3.18. The Labute approximate surface area is 202 Å². The fourth-order valence-corrected chi connectivity index (χ4v) is 4.52. The van der Waals surface area contributed by atoms with Crippen molar-refractivity contribution < 1.29 is 28.6 Å². The van der Waals surface area contributed by atoms with Crippen LogP contribution in [0.25, 0.3) is 11.4 Å². The number of aryl methyl sites for hydroxylation is 2. The molecule has 0 radical (unpaired) electrons. The zero-order valence-electron chi connectivity index (χ0n) is 20.2. The molecule has 2 aromatic heterocycles. The standard InChI is InChI=1S/C23H31FN6O5/c1-14-20(35-16-7-4-6-15(10-16)21(31)32)25-11-17(26-14)19-18(30(3)28-27-19)12-34-22(33)29(2)13-23(24)8-5-9-23/h11,15-16H,4-10,12-13H2,1-3H3,(H,31,32)/t15-,16-/m0/s1. The fraction of sp³-hybridized carbons (Fsp3) is 0.652. The van der Waals surface area contributed by atoms with E-state index in [9.17, 15) is 19.1 Å². The molecule has 12 heteroatoms. The van der Waals surface area contributed by atoms with Gasteiger partial charge in [-0.2, -0.15) is 0 Å². The second kappa shape index (κ2) is 10.1. The summed E-state index contributed by atoms with van der Waals surface area (Å²) in [7, 11) is 3.19. The molecule has 35 heavy (non-hydrogen) atoms. The summed E-state index contributed by atoms with van der Waals surface area (Å²) in [6.07, 6.45) is 5.05. The van der Waals surface area contributed by atoms with Crippen molar-refractivity contribution in [1.29, 1.82) is 0 Å². The molecule has 1 N–H and O–H groups in total. The van der Waals surface area contributed by atoms with Crippen LogP contribution in [0.3, 0.4) is 0 Å². The summed E-state index contributed by atoms with van der Waals surface area (Å²) in [4.78, 5) is 33.9. The van der Waals surface area contributed by atoms with Gasteiger partial charge in [0.05, 0.1) is 18.7 Å². The quantitative estimate of drug-likeness (QED) is 0.593. The largest absolute Gasteiger partial charge is 0.481 e. The number of carbonyl (C=O) groups is 2. The van der Waals surface area contributed by atoms with Crippen LogP contribution in [0.4, 0.5) is 9.18 Å². The third kappa shape index (κ3) is 5.68. The maximum atomic E-state index is 14.3. The van der Waals surface area contributed by atoms with Gasteiger partial charge in [-0.15, -0.1) is 5.10 Å². The Hall–Kier alpha value is -3.31. The zero-order chi connectivity index (χ0) is 25.2. The van der Waals surface area contributed by atoms with Gasteiger partial charge in [0.15, 0.2) is 0 Å². The lowest BCUT2D eigenvalue weighted by Crippen LogP contribution is -2.45. The van der Waals surface area contributed by atoms with Gasteiger partial charge in [-0.1, -0.05) is 5.21 Å². The maximum Gasteiger partial charge on any atom is 0.409 e. The van der Waals surface area contributed by atoms with Crippen molar-refractivity contribution in [3.05, 3.63) is 17.6 Å². The van der Waals surface area contributed by atoms with Crippen LogP contribution in [-0.4, -0.2) is 72.4 Å². The molecular weight excluding hydrogens is 459 g/mol. The van der Waals surface area contributed by atoms with E-state index >= 15 is 0 Å². The number of hydrogen-bond acceptors (Lipinski definition) is 8. The van der Waals surface area contributed by atoms with Crippen LogP contribution >= 0.6 is 0 Å². The van der Waals surface area contributed by atoms with Crippen LogP contribution in [-0.2, 0) is 23.2 Å². The molecule has 11 nitrogen and oxygen atoms in total. The molecule has 2 aromatic rings. The number of rotatable bonds is 8. The van der Waals surface area contributed by atoms with Crippen LogP contribution in [0.5, 0.6) is 5.88 Å². The molecule has 0 aromatic carbocycles. The van der Waals surface area contributed by atoms with E-state index in [-0.39, 0.29) is 19.3 Å². The molecule has 2 aliphatic rings. The monoisotopic (exact) mass is 490 g/mol. The molecule has 0 spiro atoms. The lowest BCUT2D eigenvalue weighted by molar-refractivity contribution is -0.143. The van der Waals surface area contributed by atoms with Crippen LogP contribution in [0.1, 0.15) is 56.3 Å². The summed E-state index contributed by atoms with van der Waals surface area (Å²) >= 11 is 0. The van der Waals surface area contributed by atoms with E-state index in [1.807, 2.05) is 0 Å². The molecule has 1 amide bonds. The van der Waals surface area contributed by atoms with Gasteiger partial charge in [0, 0.05) is 14.1 Å². The number of aromatic nitrogens is 5. The van der Waals surface area contributed by atoms with E-state index in [0.717, 1.165) is 19.3 Å². The van der Waals surface area contributed by atoms with E-state index in [2.05, 4.69) is 20.3 Å². The number of halogens is 1. The second-order valence-electron chi connectivity index (χ2n) is 9.51. The first-order valence-corrected chi connectivity index (χ1v) is 11.8. The maximum absolute atomic E-state index is 14.3. The number of alkyl halides is 1. The molecule has 0 bridgehead atoms. The zero-order valence-corrected chi connectivity index (χ0v) is 20.2. The number of ether oxygens (including phenoxy) is 2. The van der Waals surface area contributed by atoms with Gasteiger partial charge in [0.2, 0.25) is 5.88 Å². The first-order chi connectivity index (χ1) is 16.6. The fourth-order valence-electron chi connectivity index (χ4n) is 4.52. The minimum absolute atomic E-state index is 0.00264. The van der Waals surface area contributed by atoms with E-state index in [0.29, 0.717) is 54.3 Å². The van der Waals surface area contributed by atoms with E-state index in [4.69, 9.17) is 9.47 Å². The summed E-state index contributed by atoms with van der Waals surface area (Å²) in [6, 6.07) is 0.